The van der Waals surface area contributed by atoms with Crippen molar-refractivity contribution in [2.75, 3.05) is 37.6 Å². The SMILES string of the molecule is O=C(NCCc1ccccc1)N1CCN(c2ccccc2F)CC1. The lowest BCUT2D eigenvalue weighted by molar-refractivity contribution is 0.194. The van der Waals surface area contributed by atoms with E-state index in [1.807, 2.05) is 29.2 Å². The number of para-hydroxylation sites is 1. The fourth-order valence-corrected chi connectivity index (χ4v) is 2.93. The summed E-state index contributed by atoms with van der Waals surface area (Å²) in [6.07, 6.45) is 0.821. The van der Waals surface area contributed by atoms with Crippen LogP contribution in [-0.2, 0) is 6.42 Å². The molecule has 126 valence electrons. The van der Waals surface area contributed by atoms with Gasteiger partial charge < -0.3 is 15.1 Å². The van der Waals surface area contributed by atoms with Crippen LogP contribution in [0.25, 0.3) is 0 Å². The number of nitrogens with one attached hydrogen (secondary N) is 1. The number of piperazine rings is 1. The normalized spacial score (nSPS) is 14.5. The minimum Gasteiger partial charge on any atom is -0.366 e. The van der Waals surface area contributed by atoms with Gasteiger partial charge in [0.1, 0.15) is 5.82 Å². The molecule has 0 aliphatic carbocycles. The average Bonchev–Trinajstić information content (AvgIpc) is 2.63. The Morgan fingerprint density at radius 2 is 1.62 bits per heavy atom. The lowest BCUT2D eigenvalue weighted by Crippen LogP contribution is -2.52. The molecule has 2 aromatic carbocycles. The van der Waals surface area contributed by atoms with Crippen molar-refractivity contribution >= 4 is 11.7 Å². The van der Waals surface area contributed by atoms with Gasteiger partial charge in [0.25, 0.3) is 0 Å². The lowest BCUT2D eigenvalue weighted by atomic mass is 10.1. The molecule has 3 rings (SSSR count). The molecule has 0 saturated carbocycles. The predicted molar refractivity (Wildman–Crippen MR) is 93.7 cm³/mol. The van der Waals surface area contributed by atoms with Crippen LogP contribution in [-0.4, -0.2) is 43.7 Å². The first kappa shape index (κ1) is 16.3. The van der Waals surface area contributed by atoms with Gasteiger partial charge in [-0.15, -0.1) is 0 Å². The van der Waals surface area contributed by atoms with Crippen molar-refractivity contribution in [3.63, 3.8) is 0 Å². The van der Waals surface area contributed by atoms with Crippen molar-refractivity contribution in [1.82, 2.24) is 10.2 Å². The number of urea groups is 1. The molecule has 1 saturated heterocycles. The molecule has 2 amide bonds. The van der Waals surface area contributed by atoms with E-state index in [0.717, 1.165) is 6.42 Å². The maximum atomic E-state index is 13.8. The van der Waals surface area contributed by atoms with Gasteiger partial charge in [0.2, 0.25) is 0 Å². The third kappa shape index (κ3) is 4.04. The molecule has 1 aliphatic heterocycles. The molecule has 1 N–H and O–H groups in total. The fraction of sp³-hybridized carbons (Fsp3) is 0.316. The van der Waals surface area contributed by atoms with Crippen LogP contribution in [0.4, 0.5) is 14.9 Å². The Labute approximate surface area is 141 Å². The molecule has 4 nitrogen and oxygen atoms in total. The molecule has 1 fully saturated rings. The molecule has 0 spiro atoms. The van der Waals surface area contributed by atoms with Gasteiger partial charge in [0.05, 0.1) is 5.69 Å². The maximum absolute atomic E-state index is 13.8. The lowest BCUT2D eigenvalue weighted by Gasteiger charge is -2.36. The number of anilines is 1. The van der Waals surface area contributed by atoms with E-state index < -0.39 is 0 Å². The number of nitrogens with zero attached hydrogens (tertiary/aromatic N) is 2. The number of hydrogen-bond acceptors (Lipinski definition) is 2. The smallest absolute Gasteiger partial charge is 0.317 e. The summed E-state index contributed by atoms with van der Waals surface area (Å²) in [5, 5.41) is 2.96. The first-order valence-corrected chi connectivity index (χ1v) is 8.30. The zero-order valence-corrected chi connectivity index (χ0v) is 13.6. The van der Waals surface area contributed by atoms with E-state index in [1.54, 1.807) is 17.0 Å². The summed E-state index contributed by atoms with van der Waals surface area (Å²) in [4.78, 5) is 16.0. The first-order valence-electron chi connectivity index (χ1n) is 8.30. The predicted octanol–water partition coefficient (Wildman–Crippen LogP) is 2.90. The minimum absolute atomic E-state index is 0.0425. The van der Waals surface area contributed by atoms with Crippen LogP contribution in [0, 0.1) is 5.82 Å². The van der Waals surface area contributed by atoms with Crippen molar-refractivity contribution < 1.29 is 9.18 Å². The first-order chi connectivity index (χ1) is 11.7. The molecule has 5 heteroatoms. The number of halogens is 1. The van der Waals surface area contributed by atoms with E-state index >= 15 is 0 Å². The molecule has 0 atom stereocenters. The second kappa shape index (κ2) is 7.81. The zero-order chi connectivity index (χ0) is 16.8. The van der Waals surface area contributed by atoms with Crippen LogP contribution in [0.5, 0.6) is 0 Å². The summed E-state index contributed by atoms with van der Waals surface area (Å²) in [6.45, 7) is 3.12. The standard InChI is InChI=1S/C19H22FN3O/c20-17-8-4-5-9-18(17)22-12-14-23(15-13-22)19(24)21-11-10-16-6-2-1-3-7-16/h1-9H,10-15H2,(H,21,24). The van der Waals surface area contributed by atoms with Gasteiger partial charge in [-0.05, 0) is 24.1 Å². The van der Waals surface area contributed by atoms with Crippen molar-refractivity contribution in [3.8, 4) is 0 Å². The number of hydrogen-bond donors (Lipinski definition) is 1. The third-order valence-corrected chi connectivity index (χ3v) is 4.29. The van der Waals surface area contributed by atoms with Crippen LogP contribution >= 0.6 is 0 Å². The highest BCUT2D eigenvalue weighted by atomic mass is 19.1. The summed E-state index contributed by atoms with van der Waals surface area (Å²) in [6, 6.07) is 16.8. The Morgan fingerprint density at radius 3 is 2.33 bits per heavy atom. The molecular weight excluding hydrogens is 305 g/mol. The number of carbonyl (C=O) groups is 1. The summed E-state index contributed by atoms with van der Waals surface area (Å²) in [5.41, 5.74) is 1.82. The number of carbonyl (C=O) groups excluding carboxylic acids is 1. The summed E-state index contributed by atoms with van der Waals surface area (Å²) < 4.78 is 13.8. The Kier molecular flexibility index (Phi) is 5.31. The van der Waals surface area contributed by atoms with Gasteiger partial charge in [-0.3, -0.25) is 0 Å². The number of benzene rings is 2. The topological polar surface area (TPSA) is 35.6 Å². The quantitative estimate of drug-likeness (QED) is 0.937. The minimum atomic E-state index is -0.210. The van der Waals surface area contributed by atoms with Gasteiger partial charge >= 0.3 is 6.03 Å². The van der Waals surface area contributed by atoms with Crippen LogP contribution in [0.15, 0.2) is 54.6 Å². The molecule has 2 aromatic rings. The number of amides is 2. The Balaban J connectivity index is 1.44. The Bertz CT molecular complexity index is 669. The van der Waals surface area contributed by atoms with Gasteiger partial charge in [-0.1, -0.05) is 42.5 Å². The molecule has 0 aromatic heterocycles. The van der Waals surface area contributed by atoms with E-state index in [0.29, 0.717) is 38.4 Å². The van der Waals surface area contributed by atoms with Crippen molar-refractivity contribution in [2.24, 2.45) is 0 Å². The fourth-order valence-electron chi connectivity index (χ4n) is 2.93. The summed E-state index contributed by atoms with van der Waals surface area (Å²) >= 11 is 0. The zero-order valence-electron chi connectivity index (χ0n) is 13.6. The second-order valence-corrected chi connectivity index (χ2v) is 5.89. The average molecular weight is 327 g/mol. The van der Waals surface area contributed by atoms with Crippen molar-refractivity contribution in [1.29, 1.82) is 0 Å². The van der Waals surface area contributed by atoms with Gasteiger partial charge in [0.15, 0.2) is 0 Å². The van der Waals surface area contributed by atoms with E-state index in [-0.39, 0.29) is 11.8 Å². The van der Waals surface area contributed by atoms with E-state index in [9.17, 15) is 9.18 Å². The molecule has 1 aliphatic rings. The largest absolute Gasteiger partial charge is 0.366 e. The highest BCUT2D eigenvalue weighted by molar-refractivity contribution is 5.74. The molecule has 1 heterocycles. The molecule has 0 radical (unpaired) electrons. The highest BCUT2D eigenvalue weighted by Gasteiger charge is 2.22. The van der Waals surface area contributed by atoms with Gasteiger partial charge in [-0.25, -0.2) is 9.18 Å². The summed E-state index contributed by atoms with van der Waals surface area (Å²) in [5.74, 6) is -0.210. The summed E-state index contributed by atoms with van der Waals surface area (Å²) in [7, 11) is 0. The number of rotatable bonds is 4. The van der Waals surface area contributed by atoms with Crippen molar-refractivity contribution in [3.05, 3.63) is 66.0 Å². The van der Waals surface area contributed by atoms with E-state index in [1.165, 1.54) is 11.6 Å². The molecule has 0 bridgehead atoms. The molecule has 0 unspecified atom stereocenters. The van der Waals surface area contributed by atoms with E-state index in [4.69, 9.17) is 0 Å². The van der Waals surface area contributed by atoms with Gasteiger partial charge in [-0.2, -0.15) is 0 Å². The van der Waals surface area contributed by atoms with Crippen LogP contribution in [0.3, 0.4) is 0 Å². The van der Waals surface area contributed by atoms with Crippen LogP contribution in [0.2, 0.25) is 0 Å². The van der Waals surface area contributed by atoms with Crippen LogP contribution < -0.4 is 10.2 Å². The molecule has 24 heavy (non-hydrogen) atoms. The Morgan fingerprint density at radius 1 is 0.958 bits per heavy atom. The molecular formula is C19H22FN3O. The third-order valence-electron chi connectivity index (χ3n) is 4.29. The van der Waals surface area contributed by atoms with Crippen LogP contribution in [0.1, 0.15) is 5.56 Å². The monoisotopic (exact) mass is 327 g/mol. The van der Waals surface area contributed by atoms with Gasteiger partial charge in [0, 0.05) is 32.7 Å². The highest BCUT2D eigenvalue weighted by Crippen LogP contribution is 2.20. The maximum Gasteiger partial charge on any atom is 0.317 e. The van der Waals surface area contributed by atoms with Crippen molar-refractivity contribution in [2.45, 2.75) is 6.42 Å². The second-order valence-electron chi connectivity index (χ2n) is 5.89. The Hall–Kier alpha value is -2.56. The van der Waals surface area contributed by atoms with E-state index in [2.05, 4.69) is 17.4 Å².